The number of anilines is 1. The van der Waals surface area contributed by atoms with Gasteiger partial charge in [0.2, 0.25) is 0 Å². The van der Waals surface area contributed by atoms with Crippen LogP contribution >= 0.6 is 15.9 Å². The second-order valence-electron chi connectivity index (χ2n) is 5.70. The number of carbonyl (C=O) groups excluding carboxylic acids is 1. The number of halogens is 4. The third kappa shape index (κ3) is 3.39. The Morgan fingerprint density at radius 3 is 2.73 bits per heavy atom. The van der Waals surface area contributed by atoms with Gasteiger partial charge in [-0.1, -0.05) is 30.3 Å². The van der Waals surface area contributed by atoms with Gasteiger partial charge in [0.1, 0.15) is 12.4 Å². The van der Waals surface area contributed by atoms with Crippen LogP contribution in [-0.2, 0) is 0 Å². The Bertz CT molecular complexity index is 859. The molecule has 0 spiro atoms. The van der Waals surface area contributed by atoms with E-state index < -0.39 is 24.2 Å². The summed E-state index contributed by atoms with van der Waals surface area (Å²) in [4.78, 5) is 12.1. The number of hydrogen-bond acceptors (Lipinski definition) is 4. The predicted octanol–water partition coefficient (Wildman–Crippen LogP) is 3.56. The molecule has 0 bridgehead atoms. The molecule has 0 saturated carbocycles. The molecule has 0 radical (unpaired) electrons. The number of fused-ring (bicyclic) bond motifs is 1. The maximum atomic E-state index is 13.6. The summed E-state index contributed by atoms with van der Waals surface area (Å²) in [6.07, 6.45) is -4.79. The van der Waals surface area contributed by atoms with Gasteiger partial charge in [0, 0.05) is 6.42 Å². The second-order valence-corrected chi connectivity index (χ2v) is 6.49. The van der Waals surface area contributed by atoms with E-state index in [9.17, 15) is 18.0 Å². The first-order chi connectivity index (χ1) is 12.3. The Labute approximate surface area is 155 Å². The van der Waals surface area contributed by atoms with E-state index in [0.29, 0.717) is 5.56 Å². The number of hydrogen-bond donors (Lipinski definition) is 2. The van der Waals surface area contributed by atoms with Crippen LogP contribution in [0.1, 0.15) is 34.6 Å². The van der Waals surface area contributed by atoms with Crippen LogP contribution in [0.3, 0.4) is 0 Å². The molecule has 0 unspecified atom stereocenters. The molecule has 3 rings (SSSR count). The van der Waals surface area contributed by atoms with Gasteiger partial charge in [-0.3, -0.25) is 4.79 Å². The summed E-state index contributed by atoms with van der Waals surface area (Å²) in [5.41, 5.74) is 0.502. The normalized spacial score (nSPS) is 19.2. The third-order valence-electron chi connectivity index (χ3n) is 4.04. The van der Waals surface area contributed by atoms with Gasteiger partial charge in [-0.05, 0) is 21.5 Å². The van der Waals surface area contributed by atoms with Gasteiger partial charge in [-0.25, -0.2) is 4.68 Å². The fourth-order valence-corrected chi connectivity index (χ4v) is 3.40. The van der Waals surface area contributed by atoms with Gasteiger partial charge in [-0.2, -0.15) is 23.5 Å². The minimum absolute atomic E-state index is 0.0783. The molecule has 2 atom stereocenters. The molecule has 2 aromatic rings. The van der Waals surface area contributed by atoms with Crippen LogP contribution in [-0.4, -0.2) is 28.4 Å². The molecule has 1 aromatic carbocycles. The smallest absolute Gasteiger partial charge is 0.362 e. The third-order valence-corrected chi connectivity index (χ3v) is 4.79. The number of rotatable bonds is 3. The highest BCUT2D eigenvalue weighted by molar-refractivity contribution is 9.10. The zero-order chi connectivity index (χ0) is 18.9. The fraction of sp³-hybridized carbons (Fsp3) is 0.312. The first-order valence-electron chi connectivity index (χ1n) is 7.64. The molecule has 10 heteroatoms. The highest BCUT2D eigenvalue weighted by atomic mass is 79.9. The van der Waals surface area contributed by atoms with Crippen molar-refractivity contribution >= 4 is 27.7 Å². The molecule has 136 valence electrons. The summed E-state index contributed by atoms with van der Waals surface area (Å²) in [6, 6.07) is 8.04. The van der Waals surface area contributed by atoms with Gasteiger partial charge >= 0.3 is 6.18 Å². The molecule has 1 aromatic heterocycles. The SMILES string of the molecule is N#CCNC(=O)c1nn2c(c1Br)N[C@@H](c1ccccc1)C[C@H]2C(F)(F)F. The standard InChI is InChI=1S/C16H13BrF3N5O/c17-12-13(15(26)22-7-6-21)24-25-11(16(18,19)20)8-10(23-14(12)25)9-4-2-1-3-5-9/h1-5,10-11,23H,7-8H2,(H,22,26)/t10-,11+/m1/s1. The Hall–Kier alpha value is -2.54. The van der Waals surface area contributed by atoms with E-state index in [0.717, 1.165) is 4.68 Å². The first kappa shape index (κ1) is 18.3. The van der Waals surface area contributed by atoms with Crippen LogP contribution in [0.2, 0.25) is 0 Å². The van der Waals surface area contributed by atoms with Crippen LogP contribution in [0.5, 0.6) is 0 Å². The van der Waals surface area contributed by atoms with Crippen molar-refractivity contribution in [3.63, 3.8) is 0 Å². The summed E-state index contributed by atoms with van der Waals surface area (Å²) in [5, 5.41) is 17.7. The maximum Gasteiger partial charge on any atom is 0.410 e. The summed E-state index contributed by atoms with van der Waals surface area (Å²) >= 11 is 3.17. The Morgan fingerprint density at radius 2 is 2.12 bits per heavy atom. The second kappa shape index (κ2) is 6.99. The van der Waals surface area contributed by atoms with Crippen LogP contribution in [0.15, 0.2) is 34.8 Å². The molecule has 6 nitrogen and oxygen atoms in total. The molecule has 1 aliphatic rings. The number of aromatic nitrogens is 2. The summed E-state index contributed by atoms with van der Waals surface area (Å²) in [6.45, 7) is -0.268. The van der Waals surface area contributed by atoms with Crippen LogP contribution < -0.4 is 10.6 Å². The van der Waals surface area contributed by atoms with E-state index >= 15 is 0 Å². The molecule has 1 amide bonds. The summed E-state index contributed by atoms with van der Waals surface area (Å²) < 4.78 is 41.7. The zero-order valence-corrected chi connectivity index (χ0v) is 14.8. The van der Waals surface area contributed by atoms with Gasteiger partial charge < -0.3 is 10.6 Å². The highest BCUT2D eigenvalue weighted by Crippen LogP contribution is 2.46. The lowest BCUT2D eigenvalue weighted by Crippen LogP contribution is -2.36. The molecular weight excluding hydrogens is 415 g/mol. The Morgan fingerprint density at radius 1 is 1.42 bits per heavy atom. The Balaban J connectivity index is 2.03. The largest absolute Gasteiger partial charge is 0.410 e. The van der Waals surface area contributed by atoms with Crippen molar-refractivity contribution in [2.24, 2.45) is 0 Å². The zero-order valence-electron chi connectivity index (χ0n) is 13.2. The van der Waals surface area contributed by atoms with Crippen molar-refractivity contribution in [3.8, 4) is 6.07 Å². The molecule has 26 heavy (non-hydrogen) atoms. The van der Waals surface area contributed by atoms with Crippen molar-refractivity contribution in [2.75, 3.05) is 11.9 Å². The predicted molar refractivity (Wildman–Crippen MR) is 90.4 cm³/mol. The average Bonchev–Trinajstić information content (AvgIpc) is 2.95. The molecule has 2 N–H and O–H groups in total. The topological polar surface area (TPSA) is 82.7 Å². The molecule has 1 aliphatic heterocycles. The van der Waals surface area contributed by atoms with Gasteiger partial charge in [0.15, 0.2) is 11.7 Å². The number of nitriles is 1. The summed E-state index contributed by atoms with van der Waals surface area (Å²) in [7, 11) is 0. The van der Waals surface area contributed by atoms with Gasteiger partial charge in [0.05, 0.1) is 16.6 Å². The number of nitrogens with zero attached hydrogens (tertiary/aromatic N) is 3. The first-order valence-corrected chi connectivity index (χ1v) is 8.43. The van der Waals surface area contributed by atoms with E-state index in [2.05, 4.69) is 31.7 Å². The number of amides is 1. The Kier molecular flexibility index (Phi) is 4.91. The molecule has 0 fully saturated rings. The lowest BCUT2D eigenvalue weighted by molar-refractivity contribution is -0.173. The van der Waals surface area contributed by atoms with Crippen LogP contribution in [0.4, 0.5) is 19.0 Å². The number of carbonyl (C=O) groups is 1. The van der Waals surface area contributed by atoms with Crippen molar-refractivity contribution in [3.05, 3.63) is 46.1 Å². The monoisotopic (exact) mass is 427 g/mol. The van der Waals surface area contributed by atoms with Gasteiger partial charge in [0.25, 0.3) is 5.91 Å². The maximum absolute atomic E-state index is 13.6. The number of alkyl halides is 3. The minimum Gasteiger partial charge on any atom is -0.362 e. The number of benzene rings is 1. The lowest BCUT2D eigenvalue weighted by Gasteiger charge is -2.33. The van der Waals surface area contributed by atoms with E-state index in [4.69, 9.17) is 5.26 Å². The van der Waals surface area contributed by atoms with E-state index in [1.807, 2.05) is 0 Å². The van der Waals surface area contributed by atoms with Gasteiger partial charge in [-0.15, -0.1) is 0 Å². The lowest BCUT2D eigenvalue weighted by atomic mass is 9.97. The molecule has 0 saturated heterocycles. The van der Waals surface area contributed by atoms with E-state index in [1.165, 1.54) is 0 Å². The average molecular weight is 428 g/mol. The fourth-order valence-electron chi connectivity index (χ4n) is 2.84. The van der Waals surface area contributed by atoms with Crippen LogP contribution in [0.25, 0.3) is 0 Å². The summed E-state index contributed by atoms with van der Waals surface area (Å²) in [5.74, 6) is -0.645. The van der Waals surface area contributed by atoms with Crippen molar-refractivity contribution in [1.29, 1.82) is 5.26 Å². The quantitative estimate of drug-likeness (QED) is 0.733. The van der Waals surface area contributed by atoms with Crippen molar-refractivity contribution in [1.82, 2.24) is 15.1 Å². The van der Waals surface area contributed by atoms with Crippen LogP contribution in [0, 0.1) is 11.3 Å². The number of nitrogens with one attached hydrogen (secondary N) is 2. The van der Waals surface area contributed by atoms with E-state index in [-0.39, 0.29) is 29.0 Å². The molecule has 0 aliphatic carbocycles. The highest BCUT2D eigenvalue weighted by Gasteiger charge is 2.47. The van der Waals surface area contributed by atoms with Crippen molar-refractivity contribution < 1.29 is 18.0 Å². The van der Waals surface area contributed by atoms with Crippen molar-refractivity contribution in [2.45, 2.75) is 24.7 Å². The minimum atomic E-state index is -4.53. The molecular formula is C16H13BrF3N5O. The molecule has 2 heterocycles. The van der Waals surface area contributed by atoms with E-state index in [1.54, 1.807) is 36.4 Å².